The van der Waals surface area contributed by atoms with E-state index in [0.29, 0.717) is 11.3 Å². The normalized spacial score (nSPS) is 16.5. The molecule has 0 aromatic heterocycles. The van der Waals surface area contributed by atoms with Crippen molar-refractivity contribution in [2.45, 2.75) is 27.9 Å². The Balaban J connectivity index is 1.77. The zero-order chi connectivity index (χ0) is 18.4. The highest BCUT2D eigenvalue weighted by atomic mass is 32.2. The first kappa shape index (κ1) is 18.8. The van der Waals surface area contributed by atoms with Crippen LogP contribution < -0.4 is 5.48 Å². The van der Waals surface area contributed by atoms with Crippen LogP contribution in [0.1, 0.15) is 12.0 Å². The average Bonchev–Trinajstić information content (AvgIpc) is 3.22. The summed E-state index contributed by atoms with van der Waals surface area (Å²) in [6.45, 7) is 0. The van der Waals surface area contributed by atoms with E-state index in [1.54, 1.807) is 5.48 Å². The van der Waals surface area contributed by atoms with Gasteiger partial charge in [-0.3, -0.25) is 10.0 Å². The van der Waals surface area contributed by atoms with Crippen LogP contribution in [0.5, 0.6) is 0 Å². The van der Waals surface area contributed by atoms with Crippen LogP contribution in [-0.4, -0.2) is 20.9 Å². The lowest BCUT2D eigenvalue weighted by Crippen LogP contribution is -2.31. The van der Waals surface area contributed by atoms with Gasteiger partial charge in [0.05, 0.1) is 6.42 Å². The molecule has 2 unspecified atom stereocenters. The van der Waals surface area contributed by atoms with Crippen LogP contribution in [0.4, 0.5) is 0 Å². The highest BCUT2D eigenvalue weighted by Gasteiger charge is 2.28. The molecule has 4 nitrogen and oxygen atoms in total. The van der Waals surface area contributed by atoms with E-state index in [1.165, 1.54) is 4.90 Å². The number of allylic oxidation sites excluding steroid dienone is 2. The van der Waals surface area contributed by atoms with Crippen molar-refractivity contribution >= 4 is 28.0 Å². The fourth-order valence-corrected chi connectivity index (χ4v) is 5.75. The Morgan fingerprint density at radius 1 is 1.08 bits per heavy atom. The number of hydrogen-bond donors (Lipinski definition) is 3. The second-order valence-electron chi connectivity index (χ2n) is 5.93. The molecule has 2 aromatic carbocycles. The fourth-order valence-electron chi connectivity index (χ4n) is 2.80. The molecule has 6 heteroatoms. The van der Waals surface area contributed by atoms with Crippen molar-refractivity contribution < 1.29 is 14.6 Å². The molecule has 0 saturated heterocycles. The molecular weight excluding hydrogens is 366 g/mol. The van der Waals surface area contributed by atoms with Crippen molar-refractivity contribution in [3.8, 4) is 0 Å². The number of thiol groups is 1. The first-order valence-electron chi connectivity index (χ1n) is 8.28. The molecule has 1 amide bonds. The fraction of sp³-hybridized carbons (Fsp3) is 0.150. The van der Waals surface area contributed by atoms with E-state index in [-0.39, 0.29) is 6.42 Å². The molecule has 26 heavy (non-hydrogen) atoms. The minimum absolute atomic E-state index is 0.00204. The van der Waals surface area contributed by atoms with Crippen molar-refractivity contribution in [3.05, 3.63) is 83.1 Å². The van der Waals surface area contributed by atoms with Gasteiger partial charge < -0.3 is 4.55 Å². The average molecular weight is 388 g/mol. The summed E-state index contributed by atoms with van der Waals surface area (Å²) in [5, 5.41) is 12.8. The molecule has 2 aromatic rings. The maximum Gasteiger partial charge on any atom is 0.248 e. The van der Waals surface area contributed by atoms with Crippen LogP contribution in [0.15, 0.2) is 87.4 Å². The highest BCUT2D eigenvalue weighted by Crippen LogP contribution is 2.42. The predicted octanol–water partition coefficient (Wildman–Crippen LogP) is 3.70. The first-order valence-corrected chi connectivity index (χ1v) is 11.0. The lowest BCUT2D eigenvalue weighted by Gasteiger charge is -2.21. The predicted molar refractivity (Wildman–Crippen MR) is 107 cm³/mol. The Morgan fingerprint density at radius 3 is 2.35 bits per heavy atom. The molecule has 0 radical (unpaired) electrons. The van der Waals surface area contributed by atoms with Gasteiger partial charge in [0, 0.05) is 6.42 Å². The van der Waals surface area contributed by atoms with Crippen LogP contribution in [0.2, 0.25) is 0 Å². The number of nitrogens with one attached hydrogen (secondary N) is 1. The van der Waals surface area contributed by atoms with Gasteiger partial charge in [-0.1, -0.05) is 42.5 Å². The number of rotatable bonds is 7. The number of carbonyl (C=O) groups excluding carboxylic acids is 1. The topological polar surface area (TPSA) is 72.4 Å². The number of benzene rings is 2. The molecule has 136 valence electrons. The van der Waals surface area contributed by atoms with E-state index >= 15 is 0 Å². The molecule has 0 fully saturated rings. The summed E-state index contributed by atoms with van der Waals surface area (Å²) in [6, 6.07) is 17.4. The third-order valence-corrected chi connectivity index (χ3v) is 7.68. The van der Waals surface area contributed by atoms with Gasteiger partial charge in [-0.25, -0.2) is 5.48 Å². The van der Waals surface area contributed by atoms with Crippen LogP contribution >= 0.6 is 10.9 Å². The molecule has 2 N–H and O–H groups in total. The maximum atomic E-state index is 13.1. The molecule has 0 bridgehead atoms. The van der Waals surface area contributed by atoms with Gasteiger partial charge in [0.2, 0.25) is 5.91 Å². The Hall–Kier alpha value is -1.99. The summed E-state index contributed by atoms with van der Waals surface area (Å²) in [5.41, 5.74) is 2.66. The monoisotopic (exact) mass is 387 g/mol. The van der Waals surface area contributed by atoms with Crippen LogP contribution in [-0.2, 0) is 22.4 Å². The summed E-state index contributed by atoms with van der Waals surface area (Å²) in [6.07, 6.45) is 4.58. The molecule has 0 saturated carbocycles. The van der Waals surface area contributed by atoms with E-state index in [4.69, 9.17) is 5.21 Å². The van der Waals surface area contributed by atoms with E-state index < -0.39 is 33.2 Å². The van der Waals surface area contributed by atoms with Crippen molar-refractivity contribution in [1.29, 1.82) is 0 Å². The van der Waals surface area contributed by atoms with E-state index in [1.807, 2.05) is 66.7 Å². The Bertz CT molecular complexity index is 778. The van der Waals surface area contributed by atoms with Crippen molar-refractivity contribution in [2.75, 3.05) is 0 Å². The summed E-state index contributed by atoms with van der Waals surface area (Å²) in [4.78, 5) is 13.6. The van der Waals surface area contributed by atoms with Crippen molar-refractivity contribution in [2.24, 2.45) is 0 Å². The summed E-state index contributed by atoms with van der Waals surface area (Å²) in [7, 11) is -0.401. The lowest BCUT2D eigenvalue weighted by atomic mass is 10.1. The zero-order valence-electron chi connectivity index (χ0n) is 14.1. The summed E-state index contributed by atoms with van der Waals surface area (Å²) >= 11 is -1.35. The third kappa shape index (κ3) is 4.80. The molecule has 1 heterocycles. The number of carbonyl (C=O) groups is 1. The zero-order valence-corrected chi connectivity index (χ0v) is 15.8. The third-order valence-electron chi connectivity index (χ3n) is 4.12. The van der Waals surface area contributed by atoms with Crippen molar-refractivity contribution in [3.63, 3.8) is 0 Å². The molecule has 1 aliphatic rings. The van der Waals surface area contributed by atoms with Gasteiger partial charge >= 0.3 is 0 Å². The SMILES string of the molecule is O=C(CC(Cc1ccccc1)[S+]([O-])c1ccc([SH]2C=CC=C2)cc1)NO. The molecule has 2 atom stereocenters. The minimum Gasteiger partial charge on any atom is -0.611 e. The Kier molecular flexibility index (Phi) is 6.57. The van der Waals surface area contributed by atoms with E-state index in [0.717, 1.165) is 5.56 Å². The first-order chi connectivity index (χ1) is 12.7. The van der Waals surface area contributed by atoms with Crippen LogP contribution in [0.25, 0.3) is 0 Å². The van der Waals surface area contributed by atoms with Gasteiger partial charge in [-0.05, 0) is 56.7 Å². The number of hydroxylamine groups is 1. The standard InChI is InChI=1S/C20H21NO3S2/c22-20(21-23)15-19(14-16-6-2-1-3-7-16)26(24)18-10-8-17(9-11-18)25-12-4-5-13-25/h1-13,19,23,25H,14-15H2,(H,21,22). The molecular formula is C20H21NO3S2. The second kappa shape index (κ2) is 9.09. The Morgan fingerprint density at radius 2 is 1.73 bits per heavy atom. The van der Waals surface area contributed by atoms with Gasteiger partial charge in [-0.2, -0.15) is 10.9 Å². The smallest absolute Gasteiger partial charge is 0.248 e. The molecule has 3 rings (SSSR count). The maximum absolute atomic E-state index is 13.1. The van der Waals surface area contributed by atoms with E-state index in [9.17, 15) is 9.35 Å². The second-order valence-corrected chi connectivity index (χ2v) is 9.59. The van der Waals surface area contributed by atoms with Gasteiger partial charge in [0.15, 0.2) is 4.90 Å². The summed E-state index contributed by atoms with van der Waals surface area (Å²) < 4.78 is 13.1. The highest BCUT2D eigenvalue weighted by molar-refractivity contribution is 8.22. The summed E-state index contributed by atoms with van der Waals surface area (Å²) in [5.74, 6) is -0.527. The minimum atomic E-state index is -1.35. The lowest BCUT2D eigenvalue weighted by molar-refractivity contribution is -0.129. The van der Waals surface area contributed by atoms with E-state index in [2.05, 4.69) is 10.8 Å². The molecule has 1 aliphatic heterocycles. The molecule has 0 aliphatic carbocycles. The van der Waals surface area contributed by atoms with Gasteiger partial charge in [0.25, 0.3) is 0 Å². The largest absolute Gasteiger partial charge is 0.611 e. The van der Waals surface area contributed by atoms with Gasteiger partial charge in [-0.15, -0.1) is 0 Å². The Labute approximate surface area is 159 Å². The van der Waals surface area contributed by atoms with Gasteiger partial charge in [0.1, 0.15) is 5.25 Å². The van der Waals surface area contributed by atoms with Crippen molar-refractivity contribution in [1.82, 2.24) is 5.48 Å². The quantitative estimate of drug-likeness (QED) is 0.294. The van der Waals surface area contributed by atoms with Crippen LogP contribution in [0, 0.1) is 0 Å². The molecule has 0 spiro atoms. The number of hydrogen-bond acceptors (Lipinski definition) is 3. The van der Waals surface area contributed by atoms with Crippen LogP contribution in [0.3, 0.4) is 0 Å². The number of amides is 1.